The van der Waals surface area contributed by atoms with Crippen molar-refractivity contribution in [2.45, 2.75) is 73.6 Å². The number of hydrogen-bond donors (Lipinski definition) is 0. The Morgan fingerprint density at radius 2 is 1.65 bits per heavy atom. The molecule has 1 unspecified atom stereocenters. The van der Waals surface area contributed by atoms with E-state index in [9.17, 15) is 0 Å². The van der Waals surface area contributed by atoms with E-state index in [1.165, 1.54) is 37.5 Å². The molecule has 0 aliphatic heterocycles. The first-order valence-corrected chi connectivity index (χ1v) is 8.52. The molecule has 0 saturated carbocycles. The van der Waals surface area contributed by atoms with E-state index in [0.29, 0.717) is 0 Å². The summed E-state index contributed by atoms with van der Waals surface area (Å²) in [6, 6.07) is 0. The van der Waals surface area contributed by atoms with E-state index < -0.39 is 0 Å². The number of allylic oxidation sites excluding steroid dienone is 1. The quantitative estimate of drug-likeness (QED) is 0.277. The van der Waals surface area contributed by atoms with Crippen molar-refractivity contribution in [3.05, 3.63) is 11.5 Å². The number of unbranched alkanes of at least 4 members (excludes halogenated alkanes) is 3. The maximum Gasteiger partial charge on any atom is 0.0398 e. The minimum absolute atomic E-state index is 0.918. The molecule has 0 rings (SSSR count). The van der Waals surface area contributed by atoms with Crippen LogP contribution in [0.1, 0.15) is 73.6 Å². The van der Waals surface area contributed by atoms with Crippen molar-refractivity contribution in [2.75, 3.05) is 6.16 Å². The fourth-order valence-electron chi connectivity index (χ4n) is 1.15. The van der Waals surface area contributed by atoms with Crippen LogP contribution in [0.2, 0.25) is 0 Å². The van der Waals surface area contributed by atoms with Crippen molar-refractivity contribution in [2.24, 2.45) is 4.99 Å². The molecule has 2 heteroatoms. The molecule has 0 amide bonds. The highest BCUT2D eigenvalue weighted by Gasteiger charge is 1.93. The van der Waals surface area contributed by atoms with Gasteiger partial charge in [0.15, 0.2) is 0 Å². The molecular weight excluding hydrogens is 225 g/mol. The van der Waals surface area contributed by atoms with Gasteiger partial charge in [-0.25, -0.2) is 0 Å². The van der Waals surface area contributed by atoms with Gasteiger partial charge in [0.05, 0.1) is 0 Å². The fraction of sp³-hybridized carbons (Fsp3) is 0.800. The van der Waals surface area contributed by atoms with E-state index in [-0.39, 0.29) is 0 Å². The molecule has 104 valence electrons. The third-order valence-electron chi connectivity index (χ3n) is 1.96. The lowest BCUT2D eigenvalue weighted by Crippen LogP contribution is -1.80. The second kappa shape index (κ2) is 24.9. The molecule has 0 radical (unpaired) electrons. The lowest BCUT2D eigenvalue weighted by molar-refractivity contribution is 0.663. The molecule has 0 saturated heterocycles. The highest BCUT2D eigenvalue weighted by Crippen LogP contribution is 2.19. The average Bonchev–Trinajstić information content (AvgIpc) is 2.42. The van der Waals surface area contributed by atoms with Crippen LogP contribution < -0.4 is 0 Å². The van der Waals surface area contributed by atoms with Crippen LogP contribution >= 0.6 is 8.58 Å². The van der Waals surface area contributed by atoms with E-state index in [2.05, 4.69) is 31.4 Å². The van der Waals surface area contributed by atoms with Crippen LogP contribution in [0.5, 0.6) is 0 Å². The van der Waals surface area contributed by atoms with Crippen LogP contribution in [-0.2, 0) is 0 Å². The number of aliphatic imine (C=N–C) groups is 1. The molecule has 0 aromatic heterocycles. The van der Waals surface area contributed by atoms with Gasteiger partial charge in [-0.05, 0) is 31.5 Å². The molecule has 1 nitrogen and oxygen atoms in total. The summed E-state index contributed by atoms with van der Waals surface area (Å²) in [4.78, 5) is 4.04. The Balaban J connectivity index is -0.000000439. The molecule has 0 fully saturated rings. The monoisotopic (exact) mass is 259 g/mol. The second-order valence-electron chi connectivity index (χ2n) is 3.16. The first kappa shape index (κ1) is 22.1. The predicted molar refractivity (Wildman–Crippen MR) is 87.9 cm³/mol. The minimum atomic E-state index is 0.918. The summed E-state index contributed by atoms with van der Waals surface area (Å²) in [6.45, 7) is 16.0. The van der Waals surface area contributed by atoms with Crippen LogP contribution in [-0.4, -0.2) is 12.9 Å². The summed E-state index contributed by atoms with van der Waals surface area (Å²) in [5, 5.41) is 0. The van der Waals surface area contributed by atoms with Gasteiger partial charge in [-0.3, -0.25) is 4.99 Å². The van der Waals surface area contributed by atoms with E-state index in [1.807, 2.05) is 27.7 Å². The molecule has 0 aliphatic carbocycles. The Kier molecular flexibility index (Phi) is 32.3. The zero-order chi connectivity index (χ0) is 13.9. The maximum atomic E-state index is 4.04. The normalized spacial score (nSPS) is 10.4. The summed E-state index contributed by atoms with van der Waals surface area (Å²) in [5.74, 6) is 2.25. The highest BCUT2D eigenvalue weighted by molar-refractivity contribution is 7.41. The van der Waals surface area contributed by atoms with Gasteiger partial charge in [0, 0.05) is 5.70 Å². The second-order valence-corrected chi connectivity index (χ2v) is 4.57. The Hall–Kier alpha value is -0.160. The Morgan fingerprint density at radius 1 is 1.06 bits per heavy atom. The molecule has 0 heterocycles. The molecule has 0 spiro atoms. The zero-order valence-electron chi connectivity index (χ0n) is 13.0. The van der Waals surface area contributed by atoms with Gasteiger partial charge in [0.2, 0.25) is 0 Å². The molecule has 0 bridgehead atoms. The highest BCUT2D eigenvalue weighted by atomic mass is 31.1. The van der Waals surface area contributed by atoms with E-state index in [0.717, 1.165) is 15.0 Å². The maximum absolute atomic E-state index is 4.04. The standard InChI is InChI=1S/C11H22NP.2C2H6/c1-4-6-7-8-9-11(12-3)10-13-5-2;2*1-2/h10,13H,3-9H2,1-2H3;2*1-2H3/b11-10-;;. The van der Waals surface area contributed by atoms with E-state index in [4.69, 9.17) is 0 Å². The summed E-state index contributed by atoms with van der Waals surface area (Å²) in [7, 11) is 0.918. The van der Waals surface area contributed by atoms with Crippen LogP contribution in [0.25, 0.3) is 0 Å². The molecule has 0 aliphatic rings. The van der Waals surface area contributed by atoms with Crippen LogP contribution in [0.3, 0.4) is 0 Å². The molecule has 0 aromatic carbocycles. The minimum Gasteiger partial charge on any atom is -0.269 e. The Morgan fingerprint density at radius 3 is 2.06 bits per heavy atom. The Bertz CT molecular complexity index is 153. The fourth-order valence-corrected chi connectivity index (χ4v) is 1.83. The lowest BCUT2D eigenvalue weighted by atomic mass is 10.1. The topological polar surface area (TPSA) is 12.4 Å². The van der Waals surface area contributed by atoms with E-state index >= 15 is 0 Å². The van der Waals surface area contributed by atoms with Gasteiger partial charge in [-0.1, -0.05) is 69.4 Å². The molecule has 1 atom stereocenters. The molecule has 0 N–H and O–H groups in total. The van der Waals surface area contributed by atoms with Crippen molar-refractivity contribution in [1.82, 2.24) is 0 Å². The molecule has 17 heavy (non-hydrogen) atoms. The number of rotatable bonds is 8. The van der Waals surface area contributed by atoms with Crippen LogP contribution in [0.4, 0.5) is 0 Å². The van der Waals surface area contributed by atoms with Crippen molar-refractivity contribution in [3.63, 3.8) is 0 Å². The van der Waals surface area contributed by atoms with Crippen LogP contribution in [0, 0.1) is 0 Å². The first-order valence-electron chi connectivity index (χ1n) is 7.24. The number of hydrogen-bond acceptors (Lipinski definition) is 1. The van der Waals surface area contributed by atoms with Gasteiger partial charge in [-0.2, -0.15) is 0 Å². The lowest BCUT2D eigenvalue weighted by Gasteiger charge is -2.00. The zero-order valence-corrected chi connectivity index (χ0v) is 14.0. The molecular formula is C15H34NP. The molecule has 0 aromatic rings. The predicted octanol–water partition coefficient (Wildman–Crippen LogP) is 6.25. The third-order valence-corrected chi connectivity index (χ3v) is 2.91. The van der Waals surface area contributed by atoms with Crippen molar-refractivity contribution < 1.29 is 0 Å². The van der Waals surface area contributed by atoms with Crippen LogP contribution in [0.15, 0.2) is 16.5 Å². The summed E-state index contributed by atoms with van der Waals surface area (Å²) >= 11 is 0. The number of nitrogens with zero attached hydrogens (tertiary/aromatic N) is 1. The van der Waals surface area contributed by atoms with Crippen molar-refractivity contribution in [3.8, 4) is 0 Å². The summed E-state index contributed by atoms with van der Waals surface area (Å²) < 4.78 is 0. The summed E-state index contributed by atoms with van der Waals surface area (Å²) in [6.07, 6.45) is 7.60. The van der Waals surface area contributed by atoms with Gasteiger partial charge in [0.25, 0.3) is 0 Å². The van der Waals surface area contributed by atoms with Gasteiger partial charge in [-0.15, -0.1) is 0 Å². The van der Waals surface area contributed by atoms with E-state index in [1.54, 1.807) is 0 Å². The largest absolute Gasteiger partial charge is 0.269 e. The van der Waals surface area contributed by atoms with Crippen molar-refractivity contribution >= 4 is 15.3 Å². The smallest absolute Gasteiger partial charge is 0.0398 e. The van der Waals surface area contributed by atoms with Crippen molar-refractivity contribution in [1.29, 1.82) is 0 Å². The van der Waals surface area contributed by atoms with Gasteiger partial charge in [0.1, 0.15) is 0 Å². The van der Waals surface area contributed by atoms with Gasteiger partial charge >= 0.3 is 0 Å². The average molecular weight is 259 g/mol. The first-order chi connectivity index (χ1) is 8.35. The SMILES string of the molecule is C=N/C(=C\PCC)CCCCCC.CC.CC. The van der Waals surface area contributed by atoms with Gasteiger partial charge < -0.3 is 0 Å². The summed E-state index contributed by atoms with van der Waals surface area (Å²) in [5.41, 5.74) is 1.20. The third kappa shape index (κ3) is 21.6. The Labute approximate surface area is 112 Å².